The Bertz CT molecular complexity index is 437. The number of rotatable bonds is 8. The maximum atomic E-state index is 12.4. The van der Waals surface area contributed by atoms with Crippen molar-refractivity contribution in [2.75, 3.05) is 18.9 Å². The van der Waals surface area contributed by atoms with Gasteiger partial charge in [-0.05, 0) is 58.4 Å². The molecular formula is C17H29NO2S. The molecule has 0 amide bonds. The number of hydrogen-bond donors (Lipinski definition) is 1. The van der Waals surface area contributed by atoms with Crippen molar-refractivity contribution in [2.45, 2.75) is 51.8 Å². The van der Waals surface area contributed by atoms with Crippen LogP contribution in [0.3, 0.4) is 0 Å². The lowest BCUT2D eigenvalue weighted by Gasteiger charge is -2.24. The molecule has 0 saturated heterocycles. The summed E-state index contributed by atoms with van der Waals surface area (Å²) in [6.07, 6.45) is 1.07. The lowest BCUT2D eigenvalue weighted by molar-refractivity contribution is 0.340. The molecule has 0 fully saturated rings. The molecule has 0 heterocycles. The highest BCUT2D eigenvalue weighted by molar-refractivity contribution is 7.86. The largest absolute Gasteiger partial charge is 0.494 e. The minimum absolute atomic E-state index is 0.126. The summed E-state index contributed by atoms with van der Waals surface area (Å²) >= 11 is 0. The van der Waals surface area contributed by atoms with Gasteiger partial charge in [0.15, 0.2) is 0 Å². The van der Waals surface area contributed by atoms with E-state index in [1.807, 2.05) is 39.8 Å². The summed E-state index contributed by atoms with van der Waals surface area (Å²) < 4.78 is 17.7. The van der Waals surface area contributed by atoms with Crippen LogP contribution in [0.25, 0.3) is 0 Å². The maximum absolute atomic E-state index is 12.4. The smallest absolute Gasteiger partial charge is 0.119 e. The Morgan fingerprint density at radius 1 is 1.19 bits per heavy atom. The fourth-order valence-corrected chi connectivity index (χ4v) is 3.07. The standard InChI is InChI=1S/C17H29NO2S/c1-6-12-18-16(13-21(19)17(3,4)5)14-8-10-15(11-9-14)20-7-2/h8-11,16,18H,6-7,12-13H2,1-5H3. The van der Waals surface area contributed by atoms with E-state index in [4.69, 9.17) is 4.74 Å². The Morgan fingerprint density at radius 3 is 2.29 bits per heavy atom. The molecule has 0 spiro atoms. The van der Waals surface area contributed by atoms with Gasteiger partial charge in [0.05, 0.1) is 6.61 Å². The van der Waals surface area contributed by atoms with E-state index in [0.29, 0.717) is 12.4 Å². The fraction of sp³-hybridized carbons (Fsp3) is 0.647. The number of benzene rings is 1. The summed E-state index contributed by atoms with van der Waals surface area (Å²) in [6, 6.07) is 8.23. The van der Waals surface area contributed by atoms with Crippen LogP contribution in [-0.2, 0) is 10.8 Å². The van der Waals surface area contributed by atoms with E-state index >= 15 is 0 Å². The Morgan fingerprint density at radius 2 is 1.81 bits per heavy atom. The van der Waals surface area contributed by atoms with Gasteiger partial charge in [-0.2, -0.15) is 0 Å². The summed E-state index contributed by atoms with van der Waals surface area (Å²) in [6.45, 7) is 11.8. The highest BCUT2D eigenvalue weighted by Crippen LogP contribution is 2.22. The number of hydrogen-bond acceptors (Lipinski definition) is 3. The molecule has 2 unspecified atom stereocenters. The first-order chi connectivity index (χ1) is 9.88. The van der Waals surface area contributed by atoms with Crippen LogP contribution in [-0.4, -0.2) is 27.9 Å². The van der Waals surface area contributed by atoms with Gasteiger partial charge >= 0.3 is 0 Å². The molecule has 4 heteroatoms. The van der Waals surface area contributed by atoms with Gasteiger partial charge < -0.3 is 10.1 Å². The Kier molecular flexibility index (Phi) is 7.40. The fourth-order valence-electron chi connectivity index (χ4n) is 1.96. The molecule has 1 N–H and O–H groups in total. The van der Waals surface area contributed by atoms with Crippen molar-refractivity contribution >= 4 is 10.8 Å². The van der Waals surface area contributed by atoms with E-state index < -0.39 is 10.8 Å². The molecular weight excluding hydrogens is 282 g/mol. The van der Waals surface area contributed by atoms with Crippen LogP contribution in [0.15, 0.2) is 24.3 Å². The van der Waals surface area contributed by atoms with Gasteiger partial charge in [0.2, 0.25) is 0 Å². The molecule has 1 rings (SSSR count). The van der Waals surface area contributed by atoms with Gasteiger partial charge in [0.1, 0.15) is 5.75 Å². The maximum Gasteiger partial charge on any atom is 0.119 e. The molecule has 0 aliphatic rings. The van der Waals surface area contributed by atoms with Crippen LogP contribution in [0.5, 0.6) is 5.75 Å². The van der Waals surface area contributed by atoms with Gasteiger partial charge in [-0.3, -0.25) is 4.21 Å². The van der Waals surface area contributed by atoms with E-state index in [9.17, 15) is 4.21 Å². The first kappa shape index (κ1) is 18.2. The average Bonchev–Trinajstić information content (AvgIpc) is 2.43. The van der Waals surface area contributed by atoms with Gasteiger partial charge in [0.25, 0.3) is 0 Å². The van der Waals surface area contributed by atoms with Crippen molar-refractivity contribution in [1.29, 1.82) is 0 Å². The molecule has 1 aromatic carbocycles. The lowest BCUT2D eigenvalue weighted by atomic mass is 10.1. The van der Waals surface area contributed by atoms with Gasteiger partial charge in [-0.25, -0.2) is 0 Å². The molecule has 3 nitrogen and oxygen atoms in total. The van der Waals surface area contributed by atoms with E-state index in [1.54, 1.807) is 0 Å². The molecule has 0 radical (unpaired) electrons. The van der Waals surface area contributed by atoms with Crippen molar-refractivity contribution in [1.82, 2.24) is 5.32 Å². The first-order valence-electron chi connectivity index (χ1n) is 7.73. The topological polar surface area (TPSA) is 38.3 Å². The summed E-state index contributed by atoms with van der Waals surface area (Å²) in [5.41, 5.74) is 1.17. The van der Waals surface area contributed by atoms with Crippen LogP contribution >= 0.6 is 0 Å². The Balaban J connectivity index is 2.83. The number of ether oxygens (including phenoxy) is 1. The zero-order valence-electron chi connectivity index (χ0n) is 13.9. The molecule has 2 atom stereocenters. The quantitative estimate of drug-likeness (QED) is 0.796. The third-order valence-corrected chi connectivity index (χ3v) is 5.24. The minimum atomic E-state index is -0.874. The van der Waals surface area contributed by atoms with Gasteiger partial charge in [0, 0.05) is 27.3 Å². The molecule has 0 aliphatic heterocycles. The Hall–Kier alpha value is -0.870. The number of nitrogens with one attached hydrogen (secondary N) is 1. The predicted molar refractivity (Wildman–Crippen MR) is 91.4 cm³/mol. The summed E-state index contributed by atoms with van der Waals surface area (Å²) in [5.74, 6) is 1.52. The molecule has 0 bridgehead atoms. The second-order valence-corrected chi connectivity index (χ2v) is 8.38. The van der Waals surface area contributed by atoms with E-state index in [1.165, 1.54) is 5.56 Å². The van der Waals surface area contributed by atoms with Crippen molar-refractivity contribution in [3.63, 3.8) is 0 Å². The van der Waals surface area contributed by atoms with Crippen LogP contribution in [0.4, 0.5) is 0 Å². The van der Waals surface area contributed by atoms with Gasteiger partial charge in [-0.1, -0.05) is 19.1 Å². The van der Waals surface area contributed by atoms with Crippen molar-refractivity contribution in [2.24, 2.45) is 0 Å². The molecule has 1 aromatic rings. The van der Waals surface area contributed by atoms with Crippen molar-refractivity contribution in [3.8, 4) is 5.75 Å². The molecule has 120 valence electrons. The van der Waals surface area contributed by atoms with Crippen LogP contribution in [0.2, 0.25) is 0 Å². The van der Waals surface area contributed by atoms with Crippen molar-refractivity contribution in [3.05, 3.63) is 29.8 Å². The SMILES string of the molecule is CCCNC(CS(=O)C(C)(C)C)c1ccc(OCC)cc1. The van der Waals surface area contributed by atoms with E-state index in [2.05, 4.69) is 24.4 Å². The van der Waals surface area contributed by atoms with Crippen molar-refractivity contribution < 1.29 is 8.95 Å². The van der Waals surface area contributed by atoms with Crippen LogP contribution < -0.4 is 10.1 Å². The first-order valence-corrected chi connectivity index (χ1v) is 9.05. The Labute approximate surface area is 131 Å². The predicted octanol–water partition coefficient (Wildman–Crippen LogP) is 3.67. The second kappa shape index (κ2) is 8.54. The summed E-state index contributed by atoms with van der Waals surface area (Å²) in [4.78, 5) is 0. The second-order valence-electron chi connectivity index (χ2n) is 6.13. The third-order valence-electron chi connectivity index (χ3n) is 3.24. The monoisotopic (exact) mass is 311 g/mol. The normalized spacial score (nSPS) is 14.7. The highest BCUT2D eigenvalue weighted by Gasteiger charge is 2.23. The van der Waals surface area contributed by atoms with E-state index in [0.717, 1.165) is 18.7 Å². The highest BCUT2D eigenvalue weighted by atomic mass is 32.2. The third kappa shape index (κ3) is 6.18. The van der Waals surface area contributed by atoms with Gasteiger partial charge in [-0.15, -0.1) is 0 Å². The molecule has 0 saturated carbocycles. The van der Waals surface area contributed by atoms with E-state index in [-0.39, 0.29) is 10.8 Å². The molecule has 21 heavy (non-hydrogen) atoms. The van der Waals surface area contributed by atoms with Crippen LogP contribution in [0.1, 0.15) is 52.6 Å². The summed E-state index contributed by atoms with van der Waals surface area (Å²) in [7, 11) is -0.874. The lowest BCUT2D eigenvalue weighted by Crippen LogP contribution is -2.33. The zero-order valence-corrected chi connectivity index (χ0v) is 14.8. The summed E-state index contributed by atoms with van der Waals surface area (Å²) in [5, 5.41) is 3.51. The minimum Gasteiger partial charge on any atom is -0.494 e. The average molecular weight is 311 g/mol. The molecule has 0 aliphatic carbocycles. The molecule has 0 aromatic heterocycles. The van der Waals surface area contributed by atoms with Crippen LogP contribution in [0, 0.1) is 0 Å². The zero-order chi connectivity index (χ0) is 15.9.